The lowest BCUT2D eigenvalue weighted by atomic mass is 9.77. The van der Waals surface area contributed by atoms with Gasteiger partial charge in [-0.3, -0.25) is 0 Å². The number of hydrogen-bond acceptors (Lipinski definition) is 4. The van der Waals surface area contributed by atoms with Gasteiger partial charge in [0.05, 0.1) is 16.6 Å². The van der Waals surface area contributed by atoms with Crippen molar-refractivity contribution in [2.24, 2.45) is 11.8 Å². The zero-order chi connectivity index (χ0) is 20.0. The quantitative estimate of drug-likeness (QED) is 0.772. The summed E-state index contributed by atoms with van der Waals surface area (Å²) >= 11 is 0. The van der Waals surface area contributed by atoms with Crippen LogP contribution in [0.5, 0.6) is 0 Å². The van der Waals surface area contributed by atoms with Gasteiger partial charge < -0.3 is 9.64 Å². The summed E-state index contributed by atoms with van der Waals surface area (Å²) in [6.45, 7) is 0.485. The van der Waals surface area contributed by atoms with E-state index in [2.05, 4.69) is 4.90 Å². The molecule has 1 aromatic rings. The van der Waals surface area contributed by atoms with Crippen molar-refractivity contribution in [3.8, 4) is 0 Å². The Morgan fingerprint density at radius 1 is 1.11 bits per heavy atom. The number of fused-ring (bicyclic) bond motifs is 1. The maximum absolute atomic E-state index is 13.3. The minimum atomic E-state index is -4.71. The number of nitrogens with zero attached hydrogens (tertiary/aromatic N) is 2. The van der Waals surface area contributed by atoms with E-state index in [9.17, 15) is 21.6 Å². The molecule has 0 spiro atoms. The summed E-state index contributed by atoms with van der Waals surface area (Å²) in [5, 5.41) is 0. The number of methoxy groups -OCH3 is 1. The summed E-state index contributed by atoms with van der Waals surface area (Å²) in [5.41, 5.74) is -1.11. The zero-order valence-electron chi connectivity index (χ0n) is 15.6. The van der Waals surface area contributed by atoms with Crippen molar-refractivity contribution in [2.75, 3.05) is 34.3 Å². The zero-order valence-corrected chi connectivity index (χ0v) is 16.4. The summed E-state index contributed by atoms with van der Waals surface area (Å²) < 4.78 is 72.7. The Hall–Kier alpha value is -1.16. The van der Waals surface area contributed by atoms with Crippen LogP contribution in [0.3, 0.4) is 0 Å². The van der Waals surface area contributed by atoms with Crippen LogP contribution >= 0.6 is 0 Å². The molecule has 2 fully saturated rings. The van der Waals surface area contributed by atoms with Crippen molar-refractivity contribution in [3.05, 3.63) is 29.8 Å². The molecule has 9 heteroatoms. The monoisotopic (exact) mass is 406 g/mol. The first kappa shape index (κ1) is 20.6. The van der Waals surface area contributed by atoms with Crippen LogP contribution in [0.1, 0.15) is 18.4 Å². The number of rotatable bonds is 4. The van der Waals surface area contributed by atoms with Gasteiger partial charge in [-0.2, -0.15) is 17.5 Å². The predicted molar refractivity (Wildman–Crippen MR) is 94.7 cm³/mol. The van der Waals surface area contributed by atoms with E-state index in [1.54, 1.807) is 7.11 Å². The predicted octanol–water partition coefficient (Wildman–Crippen LogP) is 2.68. The molecule has 2 aliphatic rings. The Balaban J connectivity index is 1.87. The van der Waals surface area contributed by atoms with Crippen molar-refractivity contribution in [1.29, 1.82) is 0 Å². The highest BCUT2D eigenvalue weighted by molar-refractivity contribution is 7.89. The average molecular weight is 406 g/mol. The molecule has 1 saturated heterocycles. The molecule has 0 radical (unpaired) electrons. The molecular weight excluding hydrogens is 381 g/mol. The highest BCUT2D eigenvalue weighted by atomic mass is 32.2. The van der Waals surface area contributed by atoms with Gasteiger partial charge in [0.25, 0.3) is 0 Å². The number of ether oxygens (including phenoxy) is 1. The fourth-order valence-corrected chi connectivity index (χ4v) is 6.17. The summed E-state index contributed by atoms with van der Waals surface area (Å²) in [5.74, 6) is 0.218. The SMILES string of the molecule is CO[C@@H]1C[C@H]2CN(S(=O)(=O)c3ccccc3C(F)(F)F)C[C@H]2C[C@H]1N(C)C. The van der Waals surface area contributed by atoms with Crippen molar-refractivity contribution in [3.63, 3.8) is 0 Å². The molecule has 0 bridgehead atoms. The molecule has 1 aliphatic heterocycles. The topological polar surface area (TPSA) is 49.9 Å². The molecular formula is C18H25F3N2O3S. The van der Waals surface area contributed by atoms with E-state index in [0.29, 0.717) is 6.42 Å². The van der Waals surface area contributed by atoms with Gasteiger partial charge in [-0.25, -0.2) is 8.42 Å². The van der Waals surface area contributed by atoms with Crippen molar-refractivity contribution < 1.29 is 26.3 Å². The van der Waals surface area contributed by atoms with Crippen LogP contribution in [0, 0.1) is 11.8 Å². The van der Waals surface area contributed by atoms with Gasteiger partial charge in [0.15, 0.2) is 0 Å². The fourth-order valence-electron chi connectivity index (χ4n) is 4.40. The van der Waals surface area contributed by atoms with E-state index < -0.39 is 26.7 Å². The molecule has 0 amide bonds. The molecule has 27 heavy (non-hydrogen) atoms. The normalized spacial score (nSPS) is 29.9. The van der Waals surface area contributed by atoms with E-state index >= 15 is 0 Å². The van der Waals surface area contributed by atoms with Gasteiger partial charge in [0.2, 0.25) is 10.0 Å². The maximum Gasteiger partial charge on any atom is 0.417 e. The summed E-state index contributed by atoms with van der Waals surface area (Å²) in [6.07, 6.45) is -3.25. The molecule has 1 aromatic carbocycles. The van der Waals surface area contributed by atoms with Gasteiger partial charge in [0, 0.05) is 26.2 Å². The Labute approximate surface area is 158 Å². The van der Waals surface area contributed by atoms with Gasteiger partial charge >= 0.3 is 6.18 Å². The van der Waals surface area contributed by atoms with Crippen LogP contribution in [0.4, 0.5) is 13.2 Å². The van der Waals surface area contributed by atoms with E-state index in [1.807, 2.05) is 14.1 Å². The Morgan fingerprint density at radius 2 is 1.70 bits per heavy atom. The first-order chi connectivity index (χ1) is 12.6. The molecule has 1 aliphatic carbocycles. The van der Waals surface area contributed by atoms with Crippen molar-refractivity contribution in [2.45, 2.75) is 36.1 Å². The average Bonchev–Trinajstić information content (AvgIpc) is 3.03. The molecule has 5 nitrogen and oxygen atoms in total. The Kier molecular flexibility index (Phi) is 5.60. The third-order valence-electron chi connectivity index (χ3n) is 5.83. The number of halogens is 3. The molecule has 3 rings (SSSR count). The van der Waals surface area contributed by atoms with Crippen molar-refractivity contribution >= 4 is 10.0 Å². The van der Waals surface area contributed by atoms with E-state index in [4.69, 9.17) is 4.74 Å². The Bertz CT molecular complexity index is 782. The standard InChI is InChI=1S/C18H25F3N2O3S/c1-22(2)15-8-12-10-23(11-13(12)9-16(15)26-3)27(24,25)17-7-5-4-6-14(17)18(19,20)21/h4-7,12-13,15-16H,8-11H2,1-3H3/t12-,13+,15-,16-/m1/s1. The van der Waals surface area contributed by atoms with Crippen LogP contribution in [-0.4, -0.2) is 64.1 Å². The highest BCUT2D eigenvalue weighted by Gasteiger charge is 2.47. The summed E-state index contributed by atoms with van der Waals surface area (Å²) in [7, 11) is 1.35. The lowest BCUT2D eigenvalue weighted by Crippen LogP contribution is -2.47. The minimum Gasteiger partial charge on any atom is -0.380 e. The molecule has 0 unspecified atom stereocenters. The second-order valence-electron chi connectivity index (χ2n) is 7.61. The van der Waals surface area contributed by atoms with Gasteiger partial charge in [0.1, 0.15) is 0 Å². The minimum absolute atomic E-state index is 0.00799. The number of hydrogen-bond donors (Lipinski definition) is 0. The molecule has 4 atom stereocenters. The second kappa shape index (κ2) is 7.35. The summed E-state index contributed by atoms with van der Waals surface area (Å²) in [4.78, 5) is 1.41. The van der Waals surface area contributed by atoms with Gasteiger partial charge in [-0.15, -0.1) is 0 Å². The summed E-state index contributed by atoms with van der Waals surface area (Å²) in [6, 6.07) is 4.56. The number of likely N-dealkylation sites (N-methyl/N-ethyl adjacent to an activating group) is 1. The lowest BCUT2D eigenvalue weighted by molar-refractivity contribution is -0.139. The molecule has 0 aromatic heterocycles. The number of sulfonamides is 1. The van der Waals surface area contributed by atoms with E-state index in [0.717, 1.165) is 18.6 Å². The maximum atomic E-state index is 13.3. The molecule has 1 heterocycles. The Morgan fingerprint density at radius 3 is 2.26 bits per heavy atom. The smallest absolute Gasteiger partial charge is 0.380 e. The molecule has 0 N–H and O–H groups in total. The first-order valence-electron chi connectivity index (χ1n) is 8.91. The number of benzene rings is 1. The van der Waals surface area contributed by atoms with Crippen LogP contribution in [0.2, 0.25) is 0 Å². The van der Waals surface area contributed by atoms with Crippen molar-refractivity contribution in [1.82, 2.24) is 9.21 Å². The highest BCUT2D eigenvalue weighted by Crippen LogP contribution is 2.42. The molecule has 152 valence electrons. The van der Waals surface area contributed by atoms with Crippen LogP contribution < -0.4 is 0 Å². The third kappa shape index (κ3) is 3.87. The largest absolute Gasteiger partial charge is 0.417 e. The lowest BCUT2D eigenvalue weighted by Gasteiger charge is -2.40. The van der Waals surface area contributed by atoms with Crippen LogP contribution in [0.15, 0.2) is 29.2 Å². The first-order valence-corrected chi connectivity index (χ1v) is 10.3. The van der Waals surface area contributed by atoms with Crippen LogP contribution in [-0.2, 0) is 20.9 Å². The van der Waals surface area contributed by atoms with E-state index in [-0.39, 0.29) is 37.1 Å². The second-order valence-corrected chi connectivity index (χ2v) is 9.52. The third-order valence-corrected chi connectivity index (χ3v) is 7.72. The molecule has 1 saturated carbocycles. The van der Waals surface area contributed by atoms with Crippen LogP contribution in [0.25, 0.3) is 0 Å². The number of alkyl halides is 3. The fraction of sp³-hybridized carbons (Fsp3) is 0.667. The van der Waals surface area contributed by atoms with Gasteiger partial charge in [-0.1, -0.05) is 12.1 Å². The van der Waals surface area contributed by atoms with E-state index in [1.165, 1.54) is 16.4 Å². The van der Waals surface area contributed by atoms with Gasteiger partial charge in [-0.05, 0) is 50.9 Å².